The number of fused-ring (bicyclic) bond motifs is 2. The molecule has 1 fully saturated rings. The van der Waals surface area contributed by atoms with Crippen LogP contribution in [0.5, 0.6) is 5.75 Å². The van der Waals surface area contributed by atoms with Crippen molar-refractivity contribution in [3.8, 4) is 5.75 Å². The van der Waals surface area contributed by atoms with Crippen molar-refractivity contribution < 1.29 is 9.53 Å². The predicted molar refractivity (Wildman–Crippen MR) is 112 cm³/mol. The fourth-order valence-corrected chi connectivity index (χ4v) is 4.32. The van der Waals surface area contributed by atoms with Gasteiger partial charge in [-0.05, 0) is 49.6 Å². The highest BCUT2D eigenvalue weighted by molar-refractivity contribution is 6.15. The molecule has 1 saturated heterocycles. The smallest absolute Gasteiger partial charge is 0.232 e. The summed E-state index contributed by atoms with van der Waals surface area (Å²) in [4.78, 5) is 19.7. The van der Waals surface area contributed by atoms with E-state index in [2.05, 4.69) is 33.9 Å². The van der Waals surface area contributed by atoms with E-state index in [1.54, 1.807) is 12.3 Å². The van der Waals surface area contributed by atoms with Crippen LogP contribution >= 0.6 is 0 Å². The van der Waals surface area contributed by atoms with Crippen LogP contribution in [0.3, 0.4) is 0 Å². The van der Waals surface area contributed by atoms with Crippen molar-refractivity contribution in [3.05, 3.63) is 58.6 Å². The Hall–Kier alpha value is -2.99. The van der Waals surface area contributed by atoms with Crippen LogP contribution in [-0.4, -0.2) is 39.0 Å². The molecule has 3 aromatic rings. The molecule has 0 spiro atoms. The lowest BCUT2D eigenvalue weighted by Crippen LogP contribution is -2.21. The van der Waals surface area contributed by atoms with E-state index in [1.165, 1.54) is 12.8 Å². The molecule has 0 saturated carbocycles. The monoisotopic (exact) mass is 388 g/mol. The van der Waals surface area contributed by atoms with Gasteiger partial charge in [0.25, 0.3) is 0 Å². The van der Waals surface area contributed by atoms with Crippen LogP contribution in [-0.2, 0) is 6.54 Å². The van der Waals surface area contributed by atoms with Crippen LogP contribution in [0, 0.1) is 12.8 Å². The van der Waals surface area contributed by atoms with Gasteiger partial charge >= 0.3 is 0 Å². The van der Waals surface area contributed by atoms with E-state index in [0.717, 1.165) is 42.1 Å². The van der Waals surface area contributed by atoms with Gasteiger partial charge in [-0.3, -0.25) is 14.8 Å². The van der Waals surface area contributed by atoms with Crippen molar-refractivity contribution in [1.82, 2.24) is 20.1 Å². The largest absolute Gasteiger partial charge is 0.452 e. The van der Waals surface area contributed by atoms with Crippen molar-refractivity contribution in [2.45, 2.75) is 33.2 Å². The van der Waals surface area contributed by atoms with Crippen LogP contribution in [0.2, 0.25) is 0 Å². The molecule has 5 rings (SSSR count). The van der Waals surface area contributed by atoms with Gasteiger partial charge in [-0.2, -0.15) is 5.10 Å². The molecular formula is C23H24N4O2. The van der Waals surface area contributed by atoms with Gasteiger partial charge in [0.1, 0.15) is 5.75 Å². The number of benzene rings is 1. The number of ether oxygens (including phenoxy) is 1. The zero-order valence-electron chi connectivity index (χ0n) is 16.7. The van der Waals surface area contributed by atoms with Gasteiger partial charge in [-0.25, -0.2) is 4.98 Å². The molecule has 1 N–H and O–H groups in total. The number of rotatable bonds is 4. The minimum atomic E-state index is -0.0888. The van der Waals surface area contributed by atoms with Gasteiger partial charge in [0.15, 0.2) is 11.4 Å². The quantitative estimate of drug-likeness (QED) is 0.681. The molecule has 2 aromatic heterocycles. The summed E-state index contributed by atoms with van der Waals surface area (Å²) in [6.45, 7) is 7.38. The Morgan fingerprint density at radius 1 is 1.34 bits per heavy atom. The number of likely N-dealkylation sites (tertiary alicyclic amines) is 1. The lowest BCUT2D eigenvalue weighted by molar-refractivity contribution is 0.101. The minimum Gasteiger partial charge on any atom is -0.452 e. The van der Waals surface area contributed by atoms with Crippen molar-refractivity contribution in [2.75, 3.05) is 13.1 Å². The molecule has 0 aliphatic carbocycles. The van der Waals surface area contributed by atoms with E-state index < -0.39 is 0 Å². The fourth-order valence-electron chi connectivity index (χ4n) is 4.32. The maximum Gasteiger partial charge on any atom is 0.232 e. The number of nitrogens with zero attached hydrogens (tertiary/aromatic N) is 3. The molecular weight excluding hydrogens is 364 g/mol. The van der Waals surface area contributed by atoms with Crippen LogP contribution < -0.4 is 4.74 Å². The molecule has 0 unspecified atom stereocenters. The SMILES string of the molecule is CC[C@H]1CCN(Cc2c(C)ccc3c2O/C(=C\c2n[nH]c4ncccc24)C3=O)C1. The van der Waals surface area contributed by atoms with Gasteiger partial charge in [0, 0.05) is 36.3 Å². The number of aryl methyl sites for hydroxylation is 1. The normalized spacial score (nSPS) is 20.6. The second-order valence-electron chi connectivity index (χ2n) is 7.98. The van der Waals surface area contributed by atoms with Crippen molar-refractivity contribution >= 4 is 22.9 Å². The molecule has 6 heteroatoms. The summed E-state index contributed by atoms with van der Waals surface area (Å²) in [5.74, 6) is 1.71. The number of aromatic nitrogens is 3. The van der Waals surface area contributed by atoms with Crippen LogP contribution in [0.4, 0.5) is 0 Å². The number of H-pyrrole nitrogens is 1. The zero-order chi connectivity index (χ0) is 20.0. The molecule has 2 aliphatic rings. The van der Waals surface area contributed by atoms with Crippen molar-refractivity contribution in [1.29, 1.82) is 0 Å². The third-order valence-electron chi connectivity index (χ3n) is 6.14. The Bertz CT molecular complexity index is 1130. The maximum absolute atomic E-state index is 13.0. The van der Waals surface area contributed by atoms with Crippen molar-refractivity contribution in [3.63, 3.8) is 0 Å². The van der Waals surface area contributed by atoms with Crippen LogP contribution in [0.1, 0.15) is 46.9 Å². The molecule has 29 heavy (non-hydrogen) atoms. The van der Waals surface area contributed by atoms with E-state index >= 15 is 0 Å². The summed E-state index contributed by atoms with van der Waals surface area (Å²) < 4.78 is 6.13. The summed E-state index contributed by atoms with van der Waals surface area (Å²) in [5.41, 5.74) is 4.27. The Kier molecular flexibility index (Phi) is 4.43. The van der Waals surface area contributed by atoms with Gasteiger partial charge in [0.05, 0.1) is 11.3 Å². The Morgan fingerprint density at radius 2 is 2.24 bits per heavy atom. The molecule has 0 bridgehead atoms. The average molecular weight is 388 g/mol. The summed E-state index contributed by atoms with van der Waals surface area (Å²) in [6, 6.07) is 7.69. The number of allylic oxidation sites excluding steroid dienone is 1. The predicted octanol–water partition coefficient (Wildman–Crippen LogP) is 4.11. The van der Waals surface area contributed by atoms with Gasteiger partial charge < -0.3 is 4.74 Å². The fraction of sp³-hybridized carbons (Fsp3) is 0.348. The molecule has 6 nitrogen and oxygen atoms in total. The van der Waals surface area contributed by atoms with E-state index in [-0.39, 0.29) is 5.78 Å². The number of aromatic amines is 1. The highest BCUT2D eigenvalue weighted by Crippen LogP contribution is 2.38. The molecule has 1 aromatic carbocycles. The van der Waals surface area contributed by atoms with Gasteiger partial charge in [0.2, 0.25) is 5.78 Å². The second kappa shape index (κ2) is 7.12. The first-order chi connectivity index (χ1) is 14.1. The highest BCUT2D eigenvalue weighted by Gasteiger charge is 2.32. The summed E-state index contributed by atoms with van der Waals surface area (Å²) in [7, 11) is 0. The number of Topliss-reactive ketones (excluding diaryl/α,β-unsaturated/α-hetero) is 1. The van der Waals surface area contributed by atoms with E-state index in [0.29, 0.717) is 28.4 Å². The molecule has 0 radical (unpaired) electrons. The van der Waals surface area contributed by atoms with E-state index in [4.69, 9.17) is 4.74 Å². The van der Waals surface area contributed by atoms with Crippen LogP contribution in [0.15, 0.2) is 36.2 Å². The number of nitrogens with one attached hydrogen (secondary N) is 1. The first kappa shape index (κ1) is 18.1. The van der Waals surface area contributed by atoms with E-state index in [9.17, 15) is 4.79 Å². The maximum atomic E-state index is 13.0. The lowest BCUT2D eigenvalue weighted by atomic mass is 10.0. The first-order valence-electron chi connectivity index (χ1n) is 10.2. The second-order valence-corrected chi connectivity index (χ2v) is 7.98. The molecule has 148 valence electrons. The number of carbonyl (C=O) groups excluding carboxylic acids is 1. The van der Waals surface area contributed by atoms with E-state index in [1.807, 2.05) is 24.3 Å². The average Bonchev–Trinajstić information content (AvgIpc) is 3.43. The number of ketones is 1. The minimum absolute atomic E-state index is 0.0888. The zero-order valence-corrected chi connectivity index (χ0v) is 16.7. The summed E-state index contributed by atoms with van der Waals surface area (Å²) >= 11 is 0. The summed E-state index contributed by atoms with van der Waals surface area (Å²) in [6.07, 6.45) is 5.89. The molecule has 4 heterocycles. The third kappa shape index (κ3) is 3.13. The van der Waals surface area contributed by atoms with Gasteiger partial charge in [-0.15, -0.1) is 0 Å². The summed E-state index contributed by atoms with van der Waals surface area (Å²) in [5, 5.41) is 8.06. The Morgan fingerprint density at radius 3 is 3.07 bits per heavy atom. The standard InChI is InChI=1S/C23H24N4O2/c1-3-15-8-10-27(12-15)13-18-14(2)6-7-17-21(28)20(29-22(17)18)11-19-16-5-4-9-24-23(16)26-25-19/h4-7,9,11,15H,3,8,10,12-13H2,1-2H3,(H,24,25,26)/b20-11-/t15-/m0/s1. The Balaban J connectivity index is 1.47. The highest BCUT2D eigenvalue weighted by atomic mass is 16.5. The molecule has 1 atom stereocenters. The number of hydrogen-bond acceptors (Lipinski definition) is 5. The lowest BCUT2D eigenvalue weighted by Gasteiger charge is -2.19. The third-order valence-corrected chi connectivity index (χ3v) is 6.14. The number of pyridine rings is 1. The topological polar surface area (TPSA) is 71.1 Å². The molecule has 2 aliphatic heterocycles. The van der Waals surface area contributed by atoms with Crippen molar-refractivity contribution in [2.24, 2.45) is 5.92 Å². The number of hydrogen-bond donors (Lipinski definition) is 1. The Labute approximate surface area is 169 Å². The molecule has 0 amide bonds. The first-order valence-corrected chi connectivity index (χ1v) is 10.2. The number of carbonyl (C=O) groups is 1. The van der Waals surface area contributed by atoms with Gasteiger partial charge in [-0.1, -0.05) is 19.4 Å². The van der Waals surface area contributed by atoms with Crippen LogP contribution in [0.25, 0.3) is 17.1 Å².